The molecule has 8 nitrogen and oxygen atoms in total. The highest BCUT2D eigenvalue weighted by Crippen LogP contribution is 2.37. The van der Waals surface area contributed by atoms with Crippen molar-refractivity contribution in [3.05, 3.63) is 83.0 Å². The van der Waals surface area contributed by atoms with E-state index >= 15 is 0 Å². The summed E-state index contributed by atoms with van der Waals surface area (Å²) >= 11 is 4.61. The standard InChI is InChI=1S/C27H25BrF2N2O6S/c1-13(2)37-25(34)22-14(3)31-27-32(23(22)17-12-16(28)7-9-18(17)35-4)24(33)21(39-27)11-15-6-8-19(38-26(29)30)20(10-15)36-5/h6-13,23,26H,1-5H3/b21-11-/t23-/m1/s1. The largest absolute Gasteiger partial charge is 0.496 e. The van der Waals surface area contributed by atoms with Crippen LogP contribution in [0.25, 0.3) is 6.08 Å². The Balaban J connectivity index is 1.94. The Bertz CT molecular complexity index is 1630. The van der Waals surface area contributed by atoms with Gasteiger partial charge in [0.05, 0.1) is 36.1 Å². The van der Waals surface area contributed by atoms with Crippen LogP contribution < -0.4 is 29.1 Å². The van der Waals surface area contributed by atoms with E-state index in [0.29, 0.717) is 31.9 Å². The molecule has 2 heterocycles. The van der Waals surface area contributed by atoms with E-state index in [0.717, 1.165) is 15.8 Å². The summed E-state index contributed by atoms with van der Waals surface area (Å²) < 4.78 is 48.7. The SMILES string of the molecule is COc1cc(/C=c2\sc3n(c2=O)[C@H](c2cc(Br)ccc2OC)C(C(=O)OC(C)C)=C(C)N=3)ccc1OC(F)F. The predicted molar refractivity (Wildman–Crippen MR) is 145 cm³/mol. The number of halogens is 3. The number of ether oxygens (including phenoxy) is 4. The average molecular weight is 623 g/mol. The molecule has 3 aromatic rings. The molecule has 1 aliphatic rings. The fourth-order valence-electron chi connectivity index (χ4n) is 4.19. The molecule has 4 rings (SSSR count). The lowest BCUT2D eigenvalue weighted by atomic mass is 9.95. The van der Waals surface area contributed by atoms with Gasteiger partial charge in [0, 0.05) is 10.0 Å². The molecule has 0 spiro atoms. The number of hydrogen-bond donors (Lipinski definition) is 0. The van der Waals surface area contributed by atoms with Gasteiger partial charge in [0.15, 0.2) is 16.3 Å². The van der Waals surface area contributed by atoms with Crippen molar-refractivity contribution in [2.45, 2.75) is 39.5 Å². The number of alkyl halides is 2. The Labute approximate surface area is 234 Å². The molecule has 0 saturated carbocycles. The molecular formula is C27H25BrF2N2O6S. The second-order valence-electron chi connectivity index (χ2n) is 8.71. The molecule has 0 amide bonds. The Morgan fingerprint density at radius 3 is 2.44 bits per heavy atom. The molecule has 2 aromatic carbocycles. The van der Waals surface area contributed by atoms with Gasteiger partial charge in [0.1, 0.15) is 11.8 Å². The molecule has 0 radical (unpaired) electrons. The van der Waals surface area contributed by atoms with Crippen molar-refractivity contribution in [2.24, 2.45) is 4.99 Å². The Kier molecular flexibility index (Phi) is 8.55. The molecule has 1 aromatic heterocycles. The highest BCUT2D eigenvalue weighted by Gasteiger charge is 2.35. The van der Waals surface area contributed by atoms with Crippen LogP contribution in [-0.4, -0.2) is 37.5 Å². The van der Waals surface area contributed by atoms with E-state index in [1.54, 1.807) is 45.0 Å². The molecule has 39 heavy (non-hydrogen) atoms. The fourth-order valence-corrected chi connectivity index (χ4v) is 5.62. The van der Waals surface area contributed by atoms with Gasteiger partial charge in [-0.2, -0.15) is 8.78 Å². The zero-order valence-electron chi connectivity index (χ0n) is 21.7. The first-order valence-electron chi connectivity index (χ1n) is 11.7. The Morgan fingerprint density at radius 2 is 1.79 bits per heavy atom. The molecule has 0 bridgehead atoms. The third-order valence-corrected chi connectivity index (χ3v) is 7.25. The number of aromatic nitrogens is 1. The minimum Gasteiger partial charge on any atom is -0.496 e. The molecule has 0 aliphatic carbocycles. The Hall–Kier alpha value is -3.51. The lowest BCUT2D eigenvalue weighted by Gasteiger charge is -2.26. The number of fused-ring (bicyclic) bond motifs is 1. The summed E-state index contributed by atoms with van der Waals surface area (Å²) in [6.07, 6.45) is 1.21. The van der Waals surface area contributed by atoms with E-state index in [9.17, 15) is 18.4 Å². The van der Waals surface area contributed by atoms with Crippen molar-refractivity contribution in [2.75, 3.05) is 14.2 Å². The smallest absolute Gasteiger partial charge is 0.387 e. The molecule has 1 aliphatic heterocycles. The maximum Gasteiger partial charge on any atom is 0.387 e. The van der Waals surface area contributed by atoms with Gasteiger partial charge in [-0.05, 0) is 62.7 Å². The summed E-state index contributed by atoms with van der Waals surface area (Å²) in [5.41, 5.74) is 1.31. The molecule has 0 unspecified atom stereocenters. The number of thiazole rings is 1. The lowest BCUT2D eigenvalue weighted by Crippen LogP contribution is -2.40. The van der Waals surface area contributed by atoms with Gasteiger partial charge in [0.25, 0.3) is 5.56 Å². The first-order valence-corrected chi connectivity index (χ1v) is 13.3. The maximum atomic E-state index is 13.8. The second-order valence-corrected chi connectivity index (χ2v) is 10.6. The highest BCUT2D eigenvalue weighted by atomic mass is 79.9. The number of nitrogens with zero attached hydrogens (tertiary/aromatic N) is 2. The molecule has 206 valence electrons. The first-order chi connectivity index (χ1) is 18.5. The third-order valence-electron chi connectivity index (χ3n) is 5.77. The van der Waals surface area contributed by atoms with Crippen LogP contribution in [0.15, 0.2) is 61.9 Å². The lowest BCUT2D eigenvalue weighted by molar-refractivity contribution is -0.143. The molecule has 1 atom stereocenters. The van der Waals surface area contributed by atoms with E-state index in [4.69, 9.17) is 14.2 Å². The first kappa shape index (κ1) is 28.5. The Morgan fingerprint density at radius 1 is 1.10 bits per heavy atom. The van der Waals surface area contributed by atoms with E-state index < -0.39 is 24.2 Å². The summed E-state index contributed by atoms with van der Waals surface area (Å²) in [5.74, 6) is -0.159. The van der Waals surface area contributed by atoms with Crippen molar-refractivity contribution in [3.63, 3.8) is 0 Å². The van der Waals surface area contributed by atoms with Crippen LogP contribution >= 0.6 is 27.3 Å². The van der Waals surface area contributed by atoms with Crippen molar-refractivity contribution >= 4 is 39.3 Å². The molecule has 0 saturated heterocycles. The van der Waals surface area contributed by atoms with Gasteiger partial charge in [-0.25, -0.2) is 9.79 Å². The van der Waals surface area contributed by atoms with Crippen LogP contribution in [-0.2, 0) is 9.53 Å². The summed E-state index contributed by atoms with van der Waals surface area (Å²) in [6.45, 7) is 2.16. The van der Waals surface area contributed by atoms with Gasteiger partial charge in [-0.1, -0.05) is 33.3 Å². The van der Waals surface area contributed by atoms with Crippen LogP contribution in [0.5, 0.6) is 17.2 Å². The summed E-state index contributed by atoms with van der Waals surface area (Å²) in [6, 6.07) is 8.81. The number of carbonyl (C=O) groups is 1. The minimum atomic E-state index is -3.01. The summed E-state index contributed by atoms with van der Waals surface area (Å²) in [7, 11) is 2.84. The monoisotopic (exact) mass is 622 g/mol. The van der Waals surface area contributed by atoms with Gasteiger partial charge >= 0.3 is 12.6 Å². The minimum absolute atomic E-state index is 0.0862. The average Bonchev–Trinajstić information content (AvgIpc) is 3.17. The summed E-state index contributed by atoms with van der Waals surface area (Å²) in [5, 5.41) is 0. The third kappa shape index (κ3) is 5.91. The molecular weight excluding hydrogens is 598 g/mol. The van der Waals surface area contributed by atoms with Gasteiger partial charge < -0.3 is 18.9 Å². The molecule has 0 N–H and O–H groups in total. The van der Waals surface area contributed by atoms with Crippen LogP contribution in [0.2, 0.25) is 0 Å². The number of methoxy groups -OCH3 is 2. The van der Waals surface area contributed by atoms with Crippen LogP contribution in [0.1, 0.15) is 37.9 Å². The number of allylic oxidation sites excluding steroid dienone is 1. The van der Waals surface area contributed by atoms with Gasteiger partial charge in [0.2, 0.25) is 0 Å². The van der Waals surface area contributed by atoms with Crippen LogP contribution in [0, 0.1) is 0 Å². The fraction of sp³-hybridized carbons (Fsp3) is 0.296. The number of hydrogen-bond acceptors (Lipinski definition) is 8. The van der Waals surface area contributed by atoms with Crippen LogP contribution in [0.4, 0.5) is 8.78 Å². The van der Waals surface area contributed by atoms with Crippen LogP contribution in [0.3, 0.4) is 0 Å². The maximum absolute atomic E-state index is 13.8. The van der Waals surface area contributed by atoms with E-state index in [-0.39, 0.29) is 23.2 Å². The van der Waals surface area contributed by atoms with Crippen molar-refractivity contribution < 1.29 is 32.5 Å². The molecule has 12 heteroatoms. The zero-order valence-corrected chi connectivity index (χ0v) is 24.1. The summed E-state index contributed by atoms with van der Waals surface area (Å²) in [4.78, 5) is 32.1. The van der Waals surface area contributed by atoms with E-state index in [1.807, 2.05) is 0 Å². The van der Waals surface area contributed by atoms with Gasteiger partial charge in [-0.15, -0.1) is 0 Å². The highest BCUT2D eigenvalue weighted by molar-refractivity contribution is 9.10. The van der Waals surface area contributed by atoms with Crippen molar-refractivity contribution in [1.82, 2.24) is 4.57 Å². The topological polar surface area (TPSA) is 88.4 Å². The normalized spacial score (nSPS) is 15.3. The number of rotatable bonds is 8. The number of benzene rings is 2. The van der Waals surface area contributed by atoms with Crippen molar-refractivity contribution in [1.29, 1.82) is 0 Å². The molecule has 0 fully saturated rings. The quantitative estimate of drug-likeness (QED) is 0.342. The van der Waals surface area contributed by atoms with E-state index in [2.05, 4.69) is 25.7 Å². The second kappa shape index (κ2) is 11.7. The number of esters is 1. The van der Waals surface area contributed by atoms with Gasteiger partial charge in [-0.3, -0.25) is 9.36 Å². The predicted octanol–water partition coefficient (Wildman–Crippen LogP) is 4.57. The van der Waals surface area contributed by atoms with Crippen molar-refractivity contribution in [3.8, 4) is 17.2 Å². The van der Waals surface area contributed by atoms with E-state index in [1.165, 1.54) is 37.0 Å². The zero-order chi connectivity index (χ0) is 28.4. The number of carbonyl (C=O) groups excluding carboxylic acids is 1.